The van der Waals surface area contributed by atoms with Gasteiger partial charge < -0.3 is 14.8 Å². The standard InChI is InChI=1S/C11H22N2O2/c1-12-10(8-14-2)11-6-13-5-3-4-9(13)7-15-11/h9-12H,3-8H2,1-2H3. The molecule has 0 bridgehead atoms. The first-order chi connectivity index (χ1) is 7.35. The van der Waals surface area contributed by atoms with E-state index >= 15 is 0 Å². The Labute approximate surface area is 91.9 Å². The molecular weight excluding hydrogens is 192 g/mol. The lowest BCUT2D eigenvalue weighted by atomic mass is 10.1. The summed E-state index contributed by atoms with van der Waals surface area (Å²) in [6.07, 6.45) is 2.92. The fraction of sp³-hybridized carbons (Fsp3) is 1.00. The Morgan fingerprint density at radius 3 is 3.20 bits per heavy atom. The number of nitrogens with one attached hydrogen (secondary N) is 1. The molecule has 0 spiro atoms. The van der Waals surface area contributed by atoms with Gasteiger partial charge >= 0.3 is 0 Å². The topological polar surface area (TPSA) is 33.7 Å². The quantitative estimate of drug-likeness (QED) is 0.719. The van der Waals surface area contributed by atoms with Crippen molar-refractivity contribution >= 4 is 0 Å². The van der Waals surface area contributed by atoms with Gasteiger partial charge in [-0.1, -0.05) is 0 Å². The molecule has 2 fully saturated rings. The van der Waals surface area contributed by atoms with Crippen molar-refractivity contribution in [2.75, 3.05) is 40.5 Å². The van der Waals surface area contributed by atoms with Crippen LogP contribution < -0.4 is 5.32 Å². The zero-order chi connectivity index (χ0) is 10.7. The van der Waals surface area contributed by atoms with Crippen LogP contribution in [0, 0.1) is 0 Å². The molecular formula is C11H22N2O2. The number of fused-ring (bicyclic) bond motifs is 1. The lowest BCUT2D eigenvalue weighted by Crippen LogP contribution is -2.54. The monoisotopic (exact) mass is 214 g/mol. The number of nitrogens with zero attached hydrogens (tertiary/aromatic N) is 1. The van der Waals surface area contributed by atoms with E-state index in [4.69, 9.17) is 9.47 Å². The van der Waals surface area contributed by atoms with Gasteiger partial charge in [0.15, 0.2) is 0 Å². The maximum Gasteiger partial charge on any atom is 0.0877 e. The molecule has 2 rings (SSSR count). The average molecular weight is 214 g/mol. The molecule has 0 amide bonds. The first-order valence-electron chi connectivity index (χ1n) is 5.87. The van der Waals surface area contributed by atoms with E-state index in [1.807, 2.05) is 7.05 Å². The fourth-order valence-electron chi connectivity index (χ4n) is 2.64. The summed E-state index contributed by atoms with van der Waals surface area (Å²) in [6, 6.07) is 0.998. The van der Waals surface area contributed by atoms with Gasteiger partial charge in [0.25, 0.3) is 0 Å². The highest BCUT2D eigenvalue weighted by Gasteiger charge is 2.35. The van der Waals surface area contributed by atoms with Crippen LogP contribution >= 0.6 is 0 Å². The van der Waals surface area contributed by atoms with Crippen molar-refractivity contribution in [1.29, 1.82) is 0 Å². The predicted octanol–water partition coefficient (Wildman–Crippen LogP) is 0.0840. The highest BCUT2D eigenvalue weighted by atomic mass is 16.5. The van der Waals surface area contributed by atoms with Gasteiger partial charge in [0, 0.05) is 19.7 Å². The third-order valence-electron chi connectivity index (χ3n) is 3.58. The third kappa shape index (κ3) is 2.50. The van der Waals surface area contributed by atoms with Crippen molar-refractivity contribution in [1.82, 2.24) is 10.2 Å². The summed E-state index contributed by atoms with van der Waals surface area (Å²) < 4.78 is 11.1. The van der Waals surface area contributed by atoms with Gasteiger partial charge in [-0.3, -0.25) is 4.90 Å². The molecule has 1 N–H and O–H groups in total. The number of morpholine rings is 1. The number of hydrogen-bond acceptors (Lipinski definition) is 4. The highest BCUT2D eigenvalue weighted by molar-refractivity contribution is 4.89. The molecule has 0 aromatic heterocycles. The van der Waals surface area contributed by atoms with Crippen LogP contribution in [-0.4, -0.2) is 63.5 Å². The smallest absolute Gasteiger partial charge is 0.0877 e. The van der Waals surface area contributed by atoms with Crippen molar-refractivity contribution in [2.24, 2.45) is 0 Å². The largest absolute Gasteiger partial charge is 0.383 e. The predicted molar refractivity (Wildman–Crippen MR) is 59.1 cm³/mol. The number of methoxy groups -OCH3 is 1. The summed E-state index contributed by atoms with van der Waals surface area (Å²) in [5.74, 6) is 0. The summed E-state index contributed by atoms with van der Waals surface area (Å²) in [5.41, 5.74) is 0. The minimum absolute atomic E-state index is 0.282. The van der Waals surface area contributed by atoms with Crippen LogP contribution in [0.2, 0.25) is 0 Å². The molecule has 3 unspecified atom stereocenters. The van der Waals surface area contributed by atoms with Crippen LogP contribution in [0.1, 0.15) is 12.8 Å². The first kappa shape index (κ1) is 11.3. The molecule has 0 aliphatic carbocycles. The zero-order valence-corrected chi connectivity index (χ0v) is 9.74. The van der Waals surface area contributed by atoms with E-state index in [-0.39, 0.29) is 6.10 Å². The van der Waals surface area contributed by atoms with Gasteiger partial charge in [0.1, 0.15) is 0 Å². The number of hydrogen-bond donors (Lipinski definition) is 1. The molecule has 4 nitrogen and oxygen atoms in total. The highest BCUT2D eigenvalue weighted by Crippen LogP contribution is 2.23. The lowest BCUT2D eigenvalue weighted by Gasteiger charge is -2.38. The zero-order valence-electron chi connectivity index (χ0n) is 9.74. The van der Waals surface area contributed by atoms with E-state index in [1.165, 1.54) is 19.4 Å². The van der Waals surface area contributed by atoms with Crippen LogP contribution in [0.15, 0.2) is 0 Å². The first-order valence-corrected chi connectivity index (χ1v) is 5.87. The Morgan fingerprint density at radius 2 is 2.47 bits per heavy atom. The van der Waals surface area contributed by atoms with Crippen molar-refractivity contribution in [3.63, 3.8) is 0 Å². The van der Waals surface area contributed by atoms with Crippen LogP contribution in [0.4, 0.5) is 0 Å². The van der Waals surface area contributed by atoms with Gasteiger partial charge in [-0.05, 0) is 26.4 Å². The third-order valence-corrected chi connectivity index (χ3v) is 3.58. The molecule has 0 saturated carbocycles. The maximum atomic E-state index is 5.91. The van der Waals surface area contributed by atoms with Crippen molar-refractivity contribution in [3.05, 3.63) is 0 Å². The van der Waals surface area contributed by atoms with Crippen LogP contribution in [0.5, 0.6) is 0 Å². The lowest BCUT2D eigenvalue weighted by molar-refractivity contribution is -0.0730. The minimum Gasteiger partial charge on any atom is -0.383 e. The molecule has 88 valence electrons. The van der Waals surface area contributed by atoms with Crippen LogP contribution in [0.25, 0.3) is 0 Å². The maximum absolute atomic E-state index is 5.91. The Bertz CT molecular complexity index is 201. The van der Waals surface area contributed by atoms with E-state index < -0.39 is 0 Å². The summed E-state index contributed by atoms with van der Waals surface area (Å²) in [6.45, 7) is 3.92. The molecule has 0 radical (unpaired) electrons. The van der Waals surface area contributed by atoms with Gasteiger partial charge in [-0.2, -0.15) is 0 Å². The van der Waals surface area contributed by atoms with Gasteiger partial charge in [0.2, 0.25) is 0 Å². The van der Waals surface area contributed by atoms with Gasteiger partial charge in [-0.25, -0.2) is 0 Å². The van der Waals surface area contributed by atoms with Crippen LogP contribution in [0.3, 0.4) is 0 Å². The van der Waals surface area contributed by atoms with Crippen LogP contribution in [-0.2, 0) is 9.47 Å². The summed E-state index contributed by atoms with van der Waals surface area (Å²) >= 11 is 0. The van der Waals surface area contributed by atoms with Gasteiger partial charge in [-0.15, -0.1) is 0 Å². The normalized spacial score (nSPS) is 34.0. The molecule has 2 aliphatic rings. The Balaban J connectivity index is 1.87. The number of ether oxygens (including phenoxy) is 2. The van der Waals surface area contributed by atoms with E-state index in [9.17, 15) is 0 Å². The van der Waals surface area contributed by atoms with Crippen molar-refractivity contribution in [3.8, 4) is 0 Å². The SMILES string of the molecule is CNC(COC)C1CN2CCCC2CO1. The Kier molecular flexibility index (Phi) is 3.97. The minimum atomic E-state index is 0.282. The van der Waals surface area contributed by atoms with Crippen molar-refractivity contribution in [2.45, 2.75) is 31.0 Å². The van der Waals surface area contributed by atoms with E-state index in [2.05, 4.69) is 10.2 Å². The van der Waals surface area contributed by atoms with E-state index in [0.717, 1.165) is 19.8 Å². The second kappa shape index (κ2) is 5.25. The Hall–Kier alpha value is -0.160. The molecule has 2 saturated heterocycles. The van der Waals surface area contributed by atoms with E-state index in [1.54, 1.807) is 7.11 Å². The molecule has 0 aromatic carbocycles. The average Bonchev–Trinajstić information content (AvgIpc) is 2.72. The molecule has 0 aromatic rings. The second-order valence-corrected chi connectivity index (χ2v) is 4.51. The van der Waals surface area contributed by atoms with Crippen molar-refractivity contribution < 1.29 is 9.47 Å². The van der Waals surface area contributed by atoms with E-state index in [0.29, 0.717) is 12.1 Å². The summed E-state index contributed by atoms with van der Waals surface area (Å²) in [7, 11) is 3.72. The number of rotatable bonds is 4. The fourth-order valence-corrected chi connectivity index (χ4v) is 2.64. The molecule has 3 atom stereocenters. The molecule has 15 heavy (non-hydrogen) atoms. The molecule has 2 heterocycles. The van der Waals surface area contributed by atoms with Gasteiger partial charge in [0.05, 0.1) is 25.4 Å². The molecule has 4 heteroatoms. The Morgan fingerprint density at radius 1 is 1.60 bits per heavy atom. The second-order valence-electron chi connectivity index (χ2n) is 4.51. The number of likely N-dealkylation sites (N-methyl/N-ethyl adjacent to an activating group) is 1. The summed E-state index contributed by atoms with van der Waals surface area (Å²) in [4.78, 5) is 2.56. The summed E-state index contributed by atoms with van der Waals surface area (Å²) in [5, 5.41) is 3.28. The molecule has 2 aliphatic heterocycles.